The van der Waals surface area contributed by atoms with Crippen LogP contribution in [0.1, 0.15) is 32.1 Å². The van der Waals surface area contributed by atoms with Crippen molar-refractivity contribution in [3.05, 3.63) is 41.1 Å². The molecule has 6 heteroatoms. The maximum absolute atomic E-state index is 13.4. The number of nitrogens with zero attached hydrogens (tertiary/aromatic N) is 1. The number of methoxy groups -OCH3 is 1. The first-order valence-corrected chi connectivity index (χ1v) is 10.2. The molecule has 1 aliphatic carbocycles. The van der Waals surface area contributed by atoms with E-state index in [9.17, 15) is 8.42 Å². The Labute approximate surface area is 141 Å². The first kappa shape index (κ1) is 16.3. The molecule has 0 N–H and O–H groups in total. The fourth-order valence-corrected chi connectivity index (χ4v) is 5.74. The zero-order chi connectivity index (χ0) is 16.3. The molecule has 3 rings (SSSR count). The number of para-hydroxylation sites is 1. The van der Waals surface area contributed by atoms with E-state index in [0.717, 1.165) is 31.4 Å². The van der Waals surface area contributed by atoms with Crippen molar-refractivity contribution in [2.45, 2.75) is 43.0 Å². The van der Waals surface area contributed by atoms with E-state index in [2.05, 4.69) is 0 Å². The third-order valence-electron chi connectivity index (χ3n) is 4.27. The molecule has 1 aromatic heterocycles. The van der Waals surface area contributed by atoms with E-state index in [1.54, 1.807) is 28.6 Å². The molecule has 1 heterocycles. The molecule has 0 saturated heterocycles. The lowest BCUT2D eigenvalue weighted by Gasteiger charge is -2.34. The first-order valence-electron chi connectivity index (χ1n) is 7.84. The molecule has 1 aromatic carbocycles. The summed E-state index contributed by atoms with van der Waals surface area (Å²) >= 11 is 1.52. The molecule has 0 amide bonds. The highest BCUT2D eigenvalue weighted by Crippen LogP contribution is 2.36. The van der Waals surface area contributed by atoms with Crippen molar-refractivity contribution in [3.8, 4) is 5.75 Å². The van der Waals surface area contributed by atoms with Crippen LogP contribution in [-0.4, -0.2) is 21.6 Å². The lowest BCUT2D eigenvalue weighted by molar-refractivity contribution is 0.401. The van der Waals surface area contributed by atoms with Crippen molar-refractivity contribution in [2.24, 2.45) is 0 Å². The molecule has 1 aliphatic rings. The van der Waals surface area contributed by atoms with E-state index < -0.39 is 10.0 Å². The largest absolute Gasteiger partial charge is 0.495 e. The normalized spacial score (nSPS) is 16.2. The minimum Gasteiger partial charge on any atom is -0.495 e. The minimum absolute atomic E-state index is 0.0215. The van der Waals surface area contributed by atoms with E-state index in [1.807, 2.05) is 16.8 Å². The predicted octanol–water partition coefficient (Wildman–Crippen LogP) is 4.28. The Kier molecular flexibility index (Phi) is 4.92. The summed E-state index contributed by atoms with van der Waals surface area (Å²) in [6.07, 6.45) is 5.15. The second-order valence-corrected chi connectivity index (χ2v) is 8.29. The van der Waals surface area contributed by atoms with Crippen LogP contribution in [-0.2, 0) is 10.0 Å². The van der Waals surface area contributed by atoms with Gasteiger partial charge in [0.2, 0.25) is 0 Å². The second kappa shape index (κ2) is 6.93. The Bertz CT molecular complexity index is 735. The quantitative estimate of drug-likeness (QED) is 0.807. The molecule has 0 atom stereocenters. The molecule has 0 unspecified atom stereocenters. The molecule has 124 valence electrons. The van der Waals surface area contributed by atoms with E-state index in [1.165, 1.54) is 24.9 Å². The van der Waals surface area contributed by atoms with Crippen LogP contribution in [0.4, 0.5) is 5.69 Å². The summed E-state index contributed by atoms with van der Waals surface area (Å²) in [7, 11) is -2.15. The van der Waals surface area contributed by atoms with Gasteiger partial charge in [-0.15, -0.1) is 0 Å². The molecule has 0 aliphatic heterocycles. The van der Waals surface area contributed by atoms with Crippen LogP contribution in [0.3, 0.4) is 0 Å². The van der Waals surface area contributed by atoms with Crippen molar-refractivity contribution in [2.75, 3.05) is 11.4 Å². The maximum atomic E-state index is 13.4. The van der Waals surface area contributed by atoms with Crippen LogP contribution in [0.25, 0.3) is 0 Å². The first-order chi connectivity index (χ1) is 11.1. The molecular formula is C17H21NO3S2. The standard InChI is InChI=1S/C17H21NO3S2/c1-21-16-9-5-6-10-17(16)23(19,20)18(15-11-12-22-13-15)14-7-3-2-4-8-14/h5-6,9-14H,2-4,7-8H2,1H3. The average Bonchev–Trinajstić information content (AvgIpc) is 3.09. The van der Waals surface area contributed by atoms with Crippen molar-refractivity contribution >= 4 is 27.0 Å². The molecule has 2 aromatic rings. The van der Waals surface area contributed by atoms with E-state index in [4.69, 9.17) is 4.74 Å². The van der Waals surface area contributed by atoms with Crippen LogP contribution in [0.5, 0.6) is 5.75 Å². The fourth-order valence-electron chi connectivity index (χ4n) is 3.18. The summed E-state index contributed by atoms with van der Waals surface area (Å²) in [5.74, 6) is 0.392. The van der Waals surface area contributed by atoms with Crippen molar-refractivity contribution in [3.63, 3.8) is 0 Å². The van der Waals surface area contributed by atoms with Gasteiger partial charge in [0, 0.05) is 11.4 Å². The van der Waals surface area contributed by atoms with Crippen molar-refractivity contribution in [1.82, 2.24) is 0 Å². The lowest BCUT2D eigenvalue weighted by Crippen LogP contribution is -2.41. The fraction of sp³-hybridized carbons (Fsp3) is 0.412. The SMILES string of the molecule is COc1ccccc1S(=O)(=O)N(c1ccsc1)C1CCCCC1. The van der Waals surface area contributed by atoms with Gasteiger partial charge in [0.15, 0.2) is 0 Å². The van der Waals surface area contributed by atoms with Crippen LogP contribution >= 0.6 is 11.3 Å². The molecule has 0 spiro atoms. The molecule has 1 fully saturated rings. The average molecular weight is 351 g/mol. The Morgan fingerprint density at radius 1 is 1.13 bits per heavy atom. The highest BCUT2D eigenvalue weighted by Gasteiger charge is 2.34. The third-order valence-corrected chi connectivity index (χ3v) is 6.86. The summed E-state index contributed by atoms with van der Waals surface area (Å²) in [5, 5.41) is 3.82. The van der Waals surface area contributed by atoms with E-state index in [-0.39, 0.29) is 10.9 Å². The number of benzene rings is 1. The Morgan fingerprint density at radius 3 is 2.52 bits per heavy atom. The summed E-state index contributed by atoms with van der Waals surface area (Å²) in [6, 6.07) is 8.74. The number of hydrogen-bond donors (Lipinski definition) is 0. The van der Waals surface area contributed by atoms with Gasteiger partial charge in [0.25, 0.3) is 10.0 Å². The lowest BCUT2D eigenvalue weighted by atomic mass is 9.95. The third kappa shape index (κ3) is 3.23. The van der Waals surface area contributed by atoms with Gasteiger partial charge >= 0.3 is 0 Å². The summed E-state index contributed by atoms with van der Waals surface area (Å²) in [6.45, 7) is 0. The van der Waals surface area contributed by atoms with Crippen LogP contribution < -0.4 is 9.04 Å². The molecule has 0 radical (unpaired) electrons. The van der Waals surface area contributed by atoms with Gasteiger partial charge in [-0.1, -0.05) is 31.4 Å². The minimum atomic E-state index is -3.65. The Balaban J connectivity index is 2.08. The summed E-state index contributed by atoms with van der Waals surface area (Å²) in [5.41, 5.74) is 0.757. The molecule has 0 bridgehead atoms. The number of sulfonamides is 1. The highest BCUT2D eigenvalue weighted by atomic mass is 32.2. The van der Waals surface area contributed by atoms with E-state index in [0.29, 0.717) is 5.75 Å². The maximum Gasteiger partial charge on any atom is 0.268 e. The van der Waals surface area contributed by atoms with Gasteiger partial charge in [-0.05, 0) is 36.4 Å². The highest BCUT2D eigenvalue weighted by molar-refractivity contribution is 7.93. The predicted molar refractivity (Wildman–Crippen MR) is 93.9 cm³/mol. The van der Waals surface area contributed by atoms with Crippen molar-refractivity contribution in [1.29, 1.82) is 0 Å². The zero-order valence-corrected chi connectivity index (χ0v) is 14.8. The number of rotatable bonds is 5. The summed E-state index contributed by atoms with van der Waals surface area (Å²) < 4.78 is 33.6. The van der Waals surface area contributed by atoms with Crippen LogP contribution in [0.2, 0.25) is 0 Å². The molecule has 4 nitrogen and oxygen atoms in total. The number of anilines is 1. The second-order valence-electron chi connectivity index (χ2n) is 5.73. The molecule has 23 heavy (non-hydrogen) atoms. The summed E-state index contributed by atoms with van der Waals surface area (Å²) in [4.78, 5) is 0.235. The van der Waals surface area contributed by atoms with Gasteiger partial charge in [-0.25, -0.2) is 8.42 Å². The van der Waals surface area contributed by atoms with Gasteiger partial charge in [-0.2, -0.15) is 11.3 Å². The molecule has 1 saturated carbocycles. The van der Waals surface area contributed by atoms with Gasteiger partial charge in [-0.3, -0.25) is 4.31 Å². The topological polar surface area (TPSA) is 46.6 Å². The number of thiophene rings is 1. The van der Waals surface area contributed by atoms with Gasteiger partial charge in [0.1, 0.15) is 10.6 Å². The smallest absolute Gasteiger partial charge is 0.268 e. The van der Waals surface area contributed by atoms with Crippen molar-refractivity contribution < 1.29 is 13.2 Å². The Morgan fingerprint density at radius 2 is 1.87 bits per heavy atom. The van der Waals surface area contributed by atoms with Crippen LogP contribution in [0, 0.1) is 0 Å². The zero-order valence-electron chi connectivity index (χ0n) is 13.1. The monoisotopic (exact) mass is 351 g/mol. The number of hydrogen-bond acceptors (Lipinski definition) is 4. The number of ether oxygens (including phenoxy) is 1. The van der Waals surface area contributed by atoms with Gasteiger partial charge in [0.05, 0.1) is 12.8 Å². The van der Waals surface area contributed by atoms with E-state index >= 15 is 0 Å². The Hall–Kier alpha value is -1.53. The van der Waals surface area contributed by atoms with Gasteiger partial charge < -0.3 is 4.74 Å². The molecular weight excluding hydrogens is 330 g/mol. The van der Waals surface area contributed by atoms with Crippen LogP contribution in [0.15, 0.2) is 46.0 Å².